The molecule has 0 radical (unpaired) electrons. The molecule has 0 aromatic heterocycles. The Hall–Kier alpha value is -3.72. The number of nitrogens with zero attached hydrogens (tertiary/aromatic N) is 1. The monoisotopic (exact) mass is 490 g/mol. The van der Waals surface area contributed by atoms with Crippen LogP contribution in [0.2, 0.25) is 5.02 Å². The van der Waals surface area contributed by atoms with Gasteiger partial charge >= 0.3 is 18.2 Å². The summed E-state index contributed by atoms with van der Waals surface area (Å²) in [6, 6.07) is 14.7. The molecule has 3 aromatic rings. The molecule has 10 heteroatoms. The molecule has 2 amide bonds. The van der Waals surface area contributed by atoms with Crippen molar-refractivity contribution in [2.45, 2.75) is 18.3 Å². The number of anilines is 1. The third-order valence-corrected chi connectivity index (χ3v) is 5.52. The summed E-state index contributed by atoms with van der Waals surface area (Å²) in [4.78, 5) is 26.4. The standard InChI is InChI=1S/C24H18ClF3N2O4/c1-33-22(31)20-21(14-3-2-4-15(13-14)24(26,27)28)30(23(32)29-20)17-7-11-19(12-8-17)34-18-9-5-16(25)6-10-18/h2-13,20-21H,1H3,(H,29,32)/t20-,21?/m1/s1. The van der Waals surface area contributed by atoms with Gasteiger partial charge in [-0.2, -0.15) is 13.2 Å². The van der Waals surface area contributed by atoms with E-state index < -0.39 is 35.8 Å². The minimum Gasteiger partial charge on any atom is -0.467 e. The number of alkyl halides is 3. The van der Waals surface area contributed by atoms with Crippen molar-refractivity contribution in [3.8, 4) is 11.5 Å². The van der Waals surface area contributed by atoms with Gasteiger partial charge in [-0.25, -0.2) is 9.59 Å². The van der Waals surface area contributed by atoms with Gasteiger partial charge in [0.1, 0.15) is 11.5 Å². The molecule has 3 aromatic carbocycles. The summed E-state index contributed by atoms with van der Waals surface area (Å²) in [6.45, 7) is 0. The minimum absolute atomic E-state index is 0.130. The van der Waals surface area contributed by atoms with E-state index in [0.29, 0.717) is 22.2 Å². The maximum atomic E-state index is 13.3. The summed E-state index contributed by atoms with van der Waals surface area (Å²) in [6.07, 6.45) is -4.59. The van der Waals surface area contributed by atoms with Crippen LogP contribution in [-0.4, -0.2) is 25.2 Å². The number of ether oxygens (including phenoxy) is 2. The molecule has 1 aliphatic heterocycles. The van der Waals surface area contributed by atoms with Gasteiger partial charge in [0.2, 0.25) is 0 Å². The lowest BCUT2D eigenvalue weighted by molar-refractivity contribution is -0.143. The first-order chi connectivity index (χ1) is 16.2. The van der Waals surface area contributed by atoms with Crippen molar-refractivity contribution in [3.63, 3.8) is 0 Å². The average Bonchev–Trinajstić information content (AvgIpc) is 3.17. The zero-order chi connectivity index (χ0) is 24.5. The fourth-order valence-electron chi connectivity index (χ4n) is 3.70. The molecule has 176 valence electrons. The van der Waals surface area contributed by atoms with E-state index in [4.69, 9.17) is 21.1 Å². The fourth-order valence-corrected chi connectivity index (χ4v) is 3.83. The average molecular weight is 491 g/mol. The van der Waals surface area contributed by atoms with Crippen molar-refractivity contribution in [2.24, 2.45) is 0 Å². The number of nitrogens with one attached hydrogen (secondary N) is 1. The molecule has 1 fully saturated rings. The van der Waals surface area contributed by atoms with Gasteiger partial charge in [-0.15, -0.1) is 0 Å². The Labute approximate surface area is 197 Å². The third kappa shape index (κ3) is 4.79. The molecule has 1 heterocycles. The van der Waals surface area contributed by atoms with Crippen LogP contribution >= 0.6 is 11.6 Å². The van der Waals surface area contributed by atoms with E-state index in [2.05, 4.69) is 5.32 Å². The van der Waals surface area contributed by atoms with Crippen LogP contribution in [0.15, 0.2) is 72.8 Å². The largest absolute Gasteiger partial charge is 0.467 e. The second-order valence-electron chi connectivity index (χ2n) is 7.44. The molecule has 4 rings (SSSR count). The molecule has 1 unspecified atom stereocenters. The predicted octanol–water partition coefficient (Wildman–Crippen LogP) is 5.96. The second kappa shape index (κ2) is 9.26. The number of halogens is 4. The maximum Gasteiger partial charge on any atom is 0.416 e. The molecular formula is C24H18ClF3N2O4. The molecular weight excluding hydrogens is 473 g/mol. The lowest BCUT2D eigenvalue weighted by Gasteiger charge is -2.26. The first-order valence-electron chi connectivity index (χ1n) is 10.1. The number of hydrogen-bond acceptors (Lipinski definition) is 4. The Bertz CT molecular complexity index is 1200. The zero-order valence-electron chi connectivity index (χ0n) is 17.7. The van der Waals surface area contributed by atoms with Crippen molar-refractivity contribution >= 4 is 29.3 Å². The lowest BCUT2D eigenvalue weighted by Crippen LogP contribution is -2.37. The van der Waals surface area contributed by atoms with E-state index in [1.165, 1.54) is 17.0 Å². The molecule has 0 spiro atoms. The van der Waals surface area contributed by atoms with Gasteiger partial charge in [-0.05, 0) is 66.2 Å². The highest BCUT2D eigenvalue weighted by molar-refractivity contribution is 6.30. The van der Waals surface area contributed by atoms with Crippen LogP contribution in [0.5, 0.6) is 11.5 Å². The first kappa shape index (κ1) is 23.4. The summed E-state index contributed by atoms with van der Waals surface area (Å²) in [5.41, 5.74) is -0.403. The lowest BCUT2D eigenvalue weighted by atomic mass is 9.97. The number of carbonyl (C=O) groups is 2. The molecule has 2 atom stereocenters. The Morgan fingerprint density at radius 3 is 2.21 bits per heavy atom. The van der Waals surface area contributed by atoms with E-state index in [-0.39, 0.29) is 5.56 Å². The molecule has 0 bridgehead atoms. The van der Waals surface area contributed by atoms with E-state index in [1.807, 2.05) is 0 Å². The Balaban J connectivity index is 1.68. The van der Waals surface area contributed by atoms with Crippen LogP contribution in [0, 0.1) is 0 Å². The fraction of sp³-hybridized carbons (Fsp3) is 0.167. The Kier molecular flexibility index (Phi) is 6.39. The maximum absolute atomic E-state index is 13.3. The Morgan fingerprint density at radius 2 is 1.62 bits per heavy atom. The van der Waals surface area contributed by atoms with Gasteiger partial charge < -0.3 is 14.8 Å². The second-order valence-corrected chi connectivity index (χ2v) is 7.87. The highest BCUT2D eigenvalue weighted by Crippen LogP contribution is 2.38. The Morgan fingerprint density at radius 1 is 1.00 bits per heavy atom. The number of methoxy groups -OCH3 is 1. The normalized spacial score (nSPS) is 17.9. The number of urea groups is 1. The van der Waals surface area contributed by atoms with Crippen molar-refractivity contribution in [3.05, 3.63) is 88.9 Å². The number of rotatable bonds is 5. The minimum atomic E-state index is -4.59. The molecule has 0 saturated carbocycles. The summed E-state index contributed by atoms with van der Waals surface area (Å²) >= 11 is 5.87. The topological polar surface area (TPSA) is 67.9 Å². The van der Waals surface area contributed by atoms with Crippen LogP contribution in [0.4, 0.5) is 23.7 Å². The molecule has 34 heavy (non-hydrogen) atoms. The van der Waals surface area contributed by atoms with Gasteiger partial charge in [-0.3, -0.25) is 4.90 Å². The van der Waals surface area contributed by atoms with Gasteiger partial charge in [-0.1, -0.05) is 23.7 Å². The van der Waals surface area contributed by atoms with E-state index in [0.717, 1.165) is 19.2 Å². The molecule has 1 aliphatic rings. The quantitative estimate of drug-likeness (QED) is 0.448. The van der Waals surface area contributed by atoms with Crippen LogP contribution in [-0.2, 0) is 15.7 Å². The van der Waals surface area contributed by atoms with Crippen molar-refractivity contribution in [1.29, 1.82) is 0 Å². The van der Waals surface area contributed by atoms with Crippen LogP contribution in [0.25, 0.3) is 0 Å². The summed E-state index contributed by atoms with van der Waals surface area (Å²) in [7, 11) is 1.14. The predicted molar refractivity (Wildman–Crippen MR) is 119 cm³/mol. The number of esters is 1. The van der Waals surface area contributed by atoms with Crippen molar-refractivity contribution in [1.82, 2.24) is 5.32 Å². The van der Waals surface area contributed by atoms with Gasteiger partial charge in [0, 0.05) is 10.7 Å². The van der Waals surface area contributed by atoms with E-state index >= 15 is 0 Å². The smallest absolute Gasteiger partial charge is 0.416 e. The van der Waals surface area contributed by atoms with Gasteiger partial charge in [0.15, 0.2) is 6.04 Å². The van der Waals surface area contributed by atoms with Crippen molar-refractivity contribution in [2.75, 3.05) is 12.0 Å². The number of hydrogen-bond donors (Lipinski definition) is 1. The molecule has 1 saturated heterocycles. The summed E-state index contributed by atoms with van der Waals surface area (Å²) in [5.74, 6) is 0.232. The summed E-state index contributed by atoms with van der Waals surface area (Å²) in [5, 5.41) is 3.07. The number of amides is 2. The third-order valence-electron chi connectivity index (χ3n) is 5.27. The van der Waals surface area contributed by atoms with Gasteiger partial charge in [0.25, 0.3) is 0 Å². The molecule has 1 N–H and O–H groups in total. The zero-order valence-corrected chi connectivity index (χ0v) is 18.4. The number of benzene rings is 3. The van der Waals surface area contributed by atoms with E-state index in [1.54, 1.807) is 48.5 Å². The first-order valence-corrected chi connectivity index (χ1v) is 10.4. The van der Waals surface area contributed by atoms with Crippen LogP contribution in [0.3, 0.4) is 0 Å². The van der Waals surface area contributed by atoms with Crippen molar-refractivity contribution < 1.29 is 32.2 Å². The van der Waals surface area contributed by atoms with E-state index in [9.17, 15) is 22.8 Å². The summed E-state index contributed by atoms with van der Waals surface area (Å²) < 4.78 is 50.5. The van der Waals surface area contributed by atoms with Gasteiger partial charge in [0.05, 0.1) is 18.7 Å². The highest BCUT2D eigenvalue weighted by atomic mass is 35.5. The SMILES string of the molecule is COC(=O)[C@@H]1NC(=O)N(c2ccc(Oc3ccc(Cl)cc3)cc2)C1c1cccc(C(F)(F)F)c1. The number of carbonyl (C=O) groups excluding carboxylic acids is 2. The van der Waals surface area contributed by atoms with Crippen LogP contribution in [0.1, 0.15) is 17.2 Å². The molecule has 0 aliphatic carbocycles. The molecule has 6 nitrogen and oxygen atoms in total. The van der Waals surface area contributed by atoms with Crippen LogP contribution < -0.4 is 15.0 Å². The highest BCUT2D eigenvalue weighted by Gasteiger charge is 2.46.